The van der Waals surface area contributed by atoms with Gasteiger partial charge < -0.3 is 10.4 Å². The average Bonchev–Trinajstić information content (AvgIpc) is 3.08. The van der Waals surface area contributed by atoms with Gasteiger partial charge in [-0.15, -0.1) is 11.3 Å². The first kappa shape index (κ1) is 15.6. The maximum absolute atomic E-state index is 10.8. The molecule has 0 aliphatic rings. The Hall–Kier alpha value is -2.92. The average molecular weight is 347 g/mol. The fourth-order valence-electron chi connectivity index (χ4n) is 2.88. The van der Waals surface area contributed by atoms with Crippen molar-refractivity contribution in [2.45, 2.75) is 13.0 Å². The van der Waals surface area contributed by atoms with Gasteiger partial charge in [-0.1, -0.05) is 24.3 Å². The zero-order valence-electron chi connectivity index (χ0n) is 13.7. The predicted octanol–water partition coefficient (Wildman–Crippen LogP) is 4.91. The van der Waals surface area contributed by atoms with Crippen molar-refractivity contribution in [3.8, 4) is 5.75 Å². The smallest absolute Gasteiger partial charge is 0.147 e. The SMILES string of the molecule is Cc1ccc([C@H](Nc2ccccn2)c2ccc3cccnc3c2O)s1. The number of hydrogen-bond acceptors (Lipinski definition) is 5. The summed E-state index contributed by atoms with van der Waals surface area (Å²) >= 11 is 1.70. The molecule has 4 rings (SSSR count). The van der Waals surface area contributed by atoms with Crippen LogP contribution in [0.2, 0.25) is 0 Å². The van der Waals surface area contributed by atoms with Crippen LogP contribution in [0.15, 0.2) is 67.0 Å². The summed E-state index contributed by atoms with van der Waals surface area (Å²) in [4.78, 5) is 11.0. The molecule has 2 N–H and O–H groups in total. The molecule has 0 aliphatic carbocycles. The van der Waals surface area contributed by atoms with E-state index in [-0.39, 0.29) is 11.8 Å². The molecule has 3 aromatic heterocycles. The second-order valence-electron chi connectivity index (χ2n) is 5.82. The van der Waals surface area contributed by atoms with Crippen molar-refractivity contribution in [2.24, 2.45) is 0 Å². The van der Waals surface area contributed by atoms with E-state index in [1.54, 1.807) is 23.7 Å². The van der Waals surface area contributed by atoms with E-state index in [0.29, 0.717) is 5.52 Å². The molecule has 0 amide bonds. The van der Waals surface area contributed by atoms with Crippen molar-refractivity contribution in [3.63, 3.8) is 0 Å². The maximum atomic E-state index is 10.8. The van der Waals surface area contributed by atoms with Gasteiger partial charge in [0, 0.05) is 33.1 Å². The first-order valence-corrected chi connectivity index (χ1v) is 8.84. The first-order chi connectivity index (χ1) is 12.2. The summed E-state index contributed by atoms with van der Waals surface area (Å²) in [6.07, 6.45) is 3.45. The molecule has 124 valence electrons. The molecule has 0 saturated carbocycles. The fourth-order valence-corrected chi connectivity index (χ4v) is 3.83. The second-order valence-corrected chi connectivity index (χ2v) is 7.14. The molecule has 1 aromatic carbocycles. The highest BCUT2D eigenvalue weighted by atomic mass is 32.1. The molecule has 0 unspecified atom stereocenters. The fraction of sp³-hybridized carbons (Fsp3) is 0.100. The quantitative estimate of drug-likeness (QED) is 0.551. The van der Waals surface area contributed by atoms with E-state index >= 15 is 0 Å². The van der Waals surface area contributed by atoms with Crippen LogP contribution < -0.4 is 5.32 Å². The molecule has 5 heteroatoms. The third-order valence-electron chi connectivity index (χ3n) is 4.09. The van der Waals surface area contributed by atoms with Gasteiger partial charge in [0.15, 0.2) is 0 Å². The highest BCUT2D eigenvalue weighted by Gasteiger charge is 2.21. The van der Waals surface area contributed by atoms with Crippen LogP contribution in [0.5, 0.6) is 5.75 Å². The van der Waals surface area contributed by atoms with Gasteiger partial charge >= 0.3 is 0 Å². The molecule has 0 spiro atoms. The number of anilines is 1. The van der Waals surface area contributed by atoms with Crippen LogP contribution in [0, 0.1) is 6.92 Å². The maximum Gasteiger partial charge on any atom is 0.147 e. The van der Waals surface area contributed by atoms with Gasteiger partial charge in [-0.2, -0.15) is 0 Å². The topological polar surface area (TPSA) is 58.0 Å². The van der Waals surface area contributed by atoms with Gasteiger partial charge in [-0.3, -0.25) is 4.98 Å². The molecular weight excluding hydrogens is 330 g/mol. The Balaban J connectivity index is 1.84. The number of phenolic OH excluding ortho intramolecular Hbond substituents is 1. The number of nitrogens with one attached hydrogen (secondary N) is 1. The molecule has 0 fully saturated rings. The van der Waals surface area contributed by atoms with Crippen LogP contribution in [0.4, 0.5) is 5.82 Å². The first-order valence-electron chi connectivity index (χ1n) is 8.03. The van der Waals surface area contributed by atoms with E-state index in [0.717, 1.165) is 21.6 Å². The van der Waals surface area contributed by atoms with E-state index in [2.05, 4.69) is 34.3 Å². The van der Waals surface area contributed by atoms with Gasteiger partial charge in [0.05, 0.1) is 6.04 Å². The van der Waals surface area contributed by atoms with Crippen molar-refractivity contribution < 1.29 is 5.11 Å². The minimum absolute atomic E-state index is 0.194. The monoisotopic (exact) mass is 347 g/mol. The van der Waals surface area contributed by atoms with Crippen molar-refractivity contribution in [1.82, 2.24) is 9.97 Å². The highest BCUT2D eigenvalue weighted by molar-refractivity contribution is 7.12. The van der Waals surface area contributed by atoms with Gasteiger partial charge in [0.25, 0.3) is 0 Å². The lowest BCUT2D eigenvalue weighted by Gasteiger charge is -2.20. The number of aromatic hydroxyl groups is 1. The minimum atomic E-state index is -0.194. The predicted molar refractivity (Wildman–Crippen MR) is 102 cm³/mol. The lowest BCUT2D eigenvalue weighted by molar-refractivity contribution is 0.472. The molecule has 3 heterocycles. The molecule has 25 heavy (non-hydrogen) atoms. The number of rotatable bonds is 4. The number of phenols is 1. The van der Waals surface area contributed by atoms with Crippen LogP contribution in [0.1, 0.15) is 21.4 Å². The molecule has 4 aromatic rings. The number of thiophene rings is 1. The van der Waals surface area contributed by atoms with Crippen molar-refractivity contribution >= 4 is 28.1 Å². The Labute approximate surface area is 149 Å². The Morgan fingerprint density at radius 3 is 2.60 bits per heavy atom. The van der Waals surface area contributed by atoms with Crippen molar-refractivity contribution in [1.29, 1.82) is 0 Å². The normalized spacial score (nSPS) is 12.2. The number of nitrogens with zero attached hydrogens (tertiary/aromatic N) is 2. The molecular formula is C20H17N3OS. The lowest BCUT2D eigenvalue weighted by Crippen LogP contribution is -2.12. The number of fused-ring (bicyclic) bond motifs is 1. The summed E-state index contributed by atoms with van der Waals surface area (Å²) in [5, 5.41) is 15.2. The number of benzene rings is 1. The summed E-state index contributed by atoms with van der Waals surface area (Å²) in [7, 11) is 0. The molecule has 0 saturated heterocycles. The van der Waals surface area contributed by atoms with Crippen LogP contribution in [-0.4, -0.2) is 15.1 Å². The van der Waals surface area contributed by atoms with Crippen LogP contribution in [-0.2, 0) is 0 Å². The number of hydrogen-bond donors (Lipinski definition) is 2. The summed E-state index contributed by atoms with van der Waals surface area (Å²) in [5.41, 5.74) is 1.40. The molecule has 1 atom stereocenters. The third kappa shape index (κ3) is 3.06. The Bertz CT molecular complexity index is 1010. The van der Waals surface area contributed by atoms with Crippen LogP contribution >= 0.6 is 11.3 Å². The third-order valence-corrected chi connectivity index (χ3v) is 5.16. The van der Waals surface area contributed by atoms with E-state index in [9.17, 15) is 5.11 Å². The number of pyridine rings is 2. The van der Waals surface area contributed by atoms with Gasteiger partial charge in [0.2, 0.25) is 0 Å². The van der Waals surface area contributed by atoms with Crippen LogP contribution in [0.25, 0.3) is 10.9 Å². The number of aromatic nitrogens is 2. The number of aryl methyl sites for hydroxylation is 1. The highest BCUT2D eigenvalue weighted by Crippen LogP contribution is 2.38. The molecule has 0 radical (unpaired) electrons. The summed E-state index contributed by atoms with van der Waals surface area (Å²) in [5.74, 6) is 0.969. The van der Waals surface area contributed by atoms with E-state index in [1.807, 2.05) is 42.5 Å². The summed E-state index contributed by atoms with van der Waals surface area (Å²) in [6, 6.07) is 17.5. The van der Waals surface area contributed by atoms with Gasteiger partial charge in [-0.05, 0) is 37.3 Å². The van der Waals surface area contributed by atoms with Gasteiger partial charge in [0.1, 0.15) is 17.1 Å². The zero-order valence-corrected chi connectivity index (χ0v) is 14.5. The second kappa shape index (κ2) is 6.53. The summed E-state index contributed by atoms with van der Waals surface area (Å²) < 4.78 is 0. The molecule has 0 aliphatic heterocycles. The Morgan fingerprint density at radius 2 is 1.84 bits per heavy atom. The zero-order chi connectivity index (χ0) is 17.2. The lowest BCUT2D eigenvalue weighted by atomic mass is 10.0. The standard InChI is InChI=1S/C20H17N3OS/c1-13-7-10-16(25-13)19(23-17-6-2-3-11-21-17)15-9-8-14-5-4-12-22-18(14)20(15)24/h2-12,19,24H,1H3,(H,21,23)/t19-/m1/s1. The van der Waals surface area contributed by atoms with E-state index in [1.165, 1.54) is 4.88 Å². The van der Waals surface area contributed by atoms with E-state index in [4.69, 9.17) is 0 Å². The largest absolute Gasteiger partial charge is 0.505 e. The molecule has 0 bridgehead atoms. The Morgan fingerprint density at radius 1 is 0.960 bits per heavy atom. The van der Waals surface area contributed by atoms with E-state index < -0.39 is 0 Å². The minimum Gasteiger partial charge on any atom is -0.505 e. The Kier molecular flexibility index (Phi) is 4.07. The van der Waals surface area contributed by atoms with Crippen molar-refractivity contribution in [3.05, 3.63) is 82.3 Å². The van der Waals surface area contributed by atoms with Crippen molar-refractivity contribution in [2.75, 3.05) is 5.32 Å². The van der Waals surface area contributed by atoms with Crippen LogP contribution in [0.3, 0.4) is 0 Å². The molecule has 4 nitrogen and oxygen atoms in total. The summed E-state index contributed by atoms with van der Waals surface area (Å²) in [6.45, 7) is 2.08. The van der Waals surface area contributed by atoms with Gasteiger partial charge in [-0.25, -0.2) is 4.98 Å².